The number of halogens is 2. The van der Waals surface area contributed by atoms with E-state index in [1.807, 2.05) is 20.8 Å². The van der Waals surface area contributed by atoms with Gasteiger partial charge in [-0.1, -0.05) is 20.8 Å². The van der Waals surface area contributed by atoms with Gasteiger partial charge in [0, 0.05) is 43.7 Å². The van der Waals surface area contributed by atoms with Gasteiger partial charge in [-0.3, -0.25) is 9.69 Å². The van der Waals surface area contributed by atoms with Gasteiger partial charge in [0.15, 0.2) is 11.6 Å². The summed E-state index contributed by atoms with van der Waals surface area (Å²) in [6.07, 6.45) is 0.567. The second-order valence-corrected chi connectivity index (χ2v) is 9.49. The number of amides is 2. The van der Waals surface area contributed by atoms with Crippen molar-refractivity contribution in [2.45, 2.75) is 59.7 Å². The van der Waals surface area contributed by atoms with Gasteiger partial charge in [-0.15, -0.1) is 0 Å². The first kappa shape index (κ1) is 23.8. The minimum atomic E-state index is -0.973. The molecule has 2 amide bonds. The second kappa shape index (κ2) is 8.97. The van der Waals surface area contributed by atoms with E-state index in [-0.39, 0.29) is 11.9 Å². The summed E-state index contributed by atoms with van der Waals surface area (Å²) in [5.41, 5.74) is 1.82. The number of carbonyl (C=O) groups is 2. The monoisotopic (exact) mass is 447 g/mol. The van der Waals surface area contributed by atoms with Crippen LogP contribution in [0.25, 0.3) is 11.3 Å². The van der Waals surface area contributed by atoms with Gasteiger partial charge in [0.1, 0.15) is 6.04 Å². The fourth-order valence-corrected chi connectivity index (χ4v) is 3.93. The van der Waals surface area contributed by atoms with Crippen LogP contribution in [0, 0.1) is 17.0 Å². The number of rotatable bonds is 4. The summed E-state index contributed by atoms with van der Waals surface area (Å²) in [5.74, 6) is -2.22. The zero-order valence-electron chi connectivity index (χ0n) is 19.4. The van der Waals surface area contributed by atoms with Crippen LogP contribution in [0.15, 0.2) is 18.2 Å². The lowest BCUT2D eigenvalue weighted by atomic mass is 9.86. The third kappa shape index (κ3) is 4.67. The van der Waals surface area contributed by atoms with Crippen LogP contribution in [-0.2, 0) is 17.8 Å². The molecule has 9 heteroatoms. The first-order valence-electron chi connectivity index (χ1n) is 10.8. The van der Waals surface area contributed by atoms with Gasteiger partial charge in [0.25, 0.3) is 0 Å². The third-order valence-electron chi connectivity index (χ3n) is 5.85. The molecule has 7 nitrogen and oxygen atoms in total. The average Bonchev–Trinajstić information content (AvgIpc) is 3.11. The number of hydrogen-bond donors (Lipinski definition) is 2. The molecule has 0 unspecified atom stereocenters. The number of benzene rings is 1. The number of likely N-dealkylation sites (N-methyl/N-ethyl adjacent to an activating group) is 1. The molecular weight excluding hydrogens is 416 g/mol. The van der Waals surface area contributed by atoms with E-state index in [9.17, 15) is 18.4 Å². The molecular formula is C23H31F2N5O2. The number of aromatic nitrogens is 2. The Bertz CT molecular complexity index is 1030. The van der Waals surface area contributed by atoms with E-state index in [0.29, 0.717) is 29.9 Å². The van der Waals surface area contributed by atoms with E-state index in [2.05, 4.69) is 34.5 Å². The molecule has 0 aliphatic carbocycles. The van der Waals surface area contributed by atoms with Crippen molar-refractivity contribution in [2.24, 2.45) is 5.41 Å². The Morgan fingerprint density at radius 2 is 1.84 bits per heavy atom. The topological polar surface area (TPSA) is 79.3 Å². The van der Waals surface area contributed by atoms with Crippen LogP contribution in [0.1, 0.15) is 45.9 Å². The molecule has 0 radical (unpaired) electrons. The van der Waals surface area contributed by atoms with Crippen molar-refractivity contribution in [3.63, 3.8) is 0 Å². The number of hydrogen-bond acceptors (Lipinski definition) is 4. The molecule has 1 aliphatic heterocycles. The first-order valence-corrected chi connectivity index (χ1v) is 10.8. The van der Waals surface area contributed by atoms with Crippen molar-refractivity contribution in [3.05, 3.63) is 41.1 Å². The second-order valence-electron chi connectivity index (χ2n) is 9.49. The summed E-state index contributed by atoms with van der Waals surface area (Å²) in [4.78, 5) is 27.9. The molecule has 0 bridgehead atoms. The van der Waals surface area contributed by atoms with Gasteiger partial charge >= 0.3 is 6.03 Å². The van der Waals surface area contributed by atoms with Crippen LogP contribution >= 0.6 is 0 Å². The van der Waals surface area contributed by atoms with Crippen LogP contribution in [0.4, 0.5) is 13.6 Å². The normalized spacial score (nSPS) is 15.4. The van der Waals surface area contributed by atoms with Gasteiger partial charge < -0.3 is 10.6 Å². The summed E-state index contributed by atoms with van der Waals surface area (Å²) in [7, 11) is 1.52. The van der Waals surface area contributed by atoms with Gasteiger partial charge in [-0.25, -0.2) is 13.6 Å². The predicted molar refractivity (Wildman–Crippen MR) is 118 cm³/mol. The number of fused-ring (bicyclic) bond motifs is 1. The standard InChI is InChI=1S/C23H31F2N5O2/c1-13(2)29-10-9-18-15(12-29)19(14-7-8-16(24)17(25)11-14)28-30(18)22(32)27-20(21(31)26-6)23(3,4)5/h7-8,11,13,20H,9-10,12H2,1-6H3,(H,26,31)(H,27,32)/t20-/m1/s1. The Labute approximate surface area is 187 Å². The maximum atomic E-state index is 14.0. The molecule has 1 aliphatic rings. The minimum absolute atomic E-state index is 0.275. The molecule has 0 fully saturated rings. The predicted octanol–water partition coefficient (Wildman–Crippen LogP) is 3.31. The lowest BCUT2D eigenvalue weighted by Crippen LogP contribution is -2.54. The summed E-state index contributed by atoms with van der Waals surface area (Å²) in [6, 6.07) is 2.58. The maximum Gasteiger partial charge on any atom is 0.343 e. The van der Waals surface area contributed by atoms with Crippen molar-refractivity contribution in [3.8, 4) is 11.3 Å². The van der Waals surface area contributed by atoms with Crippen molar-refractivity contribution in [2.75, 3.05) is 13.6 Å². The minimum Gasteiger partial charge on any atom is -0.357 e. The molecule has 3 rings (SSSR count). The van der Waals surface area contributed by atoms with Crippen molar-refractivity contribution >= 4 is 11.9 Å². The van der Waals surface area contributed by atoms with Crippen molar-refractivity contribution < 1.29 is 18.4 Å². The Kier molecular flexibility index (Phi) is 6.69. The van der Waals surface area contributed by atoms with Crippen LogP contribution in [0.5, 0.6) is 0 Å². The highest BCUT2D eigenvalue weighted by molar-refractivity contribution is 5.88. The number of nitrogens with zero attached hydrogens (tertiary/aromatic N) is 3. The zero-order chi connectivity index (χ0) is 23.8. The van der Waals surface area contributed by atoms with E-state index < -0.39 is 29.1 Å². The Morgan fingerprint density at radius 3 is 2.41 bits per heavy atom. The fourth-order valence-electron chi connectivity index (χ4n) is 3.93. The Hall–Kier alpha value is -2.81. The fraction of sp³-hybridized carbons (Fsp3) is 0.522. The Balaban J connectivity index is 2.06. The highest BCUT2D eigenvalue weighted by Gasteiger charge is 2.35. The van der Waals surface area contributed by atoms with Gasteiger partial charge in [-0.05, 0) is 37.5 Å². The summed E-state index contributed by atoms with van der Waals surface area (Å²) in [5, 5.41) is 9.88. The van der Waals surface area contributed by atoms with E-state index in [0.717, 1.165) is 24.2 Å². The van der Waals surface area contributed by atoms with Crippen LogP contribution in [0.2, 0.25) is 0 Å². The molecule has 0 saturated heterocycles. The molecule has 2 aromatic rings. The largest absolute Gasteiger partial charge is 0.357 e. The number of carbonyl (C=O) groups excluding carboxylic acids is 2. The third-order valence-corrected chi connectivity index (χ3v) is 5.85. The molecule has 174 valence electrons. The smallest absolute Gasteiger partial charge is 0.343 e. The van der Waals surface area contributed by atoms with Gasteiger partial charge in [0.2, 0.25) is 5.91 Å². The Morgan fingerprint density at radius 1 is 1.16 bits per heavy atom. The van der Waals surface area contributed by atoms with Gasteiger partial charge in [-0.2, -0.15) is 9.78 Å². The molecule has 32 heavy (non-hydrogen) atoms. The lowest BCUT2D eigenvalue weighted by Gasteiger charge is -2.31. The maximum absolute atomic E-state index is 14.0. The molecule has 1 aromatic carbocycles. The summed E-state index contributed by atoms with van der Waals surface area (Å²) in [6.45, 7) is 11.0. The van der Waals surface area contributed by atoms with Crippen LogP contribution < -0.4 is 10.6 Å². The molecule has 1 atom stereocenters. The highest BCUT2D eigenvalue weighted by Crippen LogP contribution is 2.32. The molecule has 0 spiro atoms. The van der Waals surface area contributed by atoms with Crippen LogP contribution in [-0.4, -0.2) is 52.3 Å². The van der Waals surface area contributed by atoms with Crippen molar-refractivity contribution in [1.82, 2.24) is 25.3 Å². The lowest BCUT2D eigenvalue weighted by molar-refractivity contribution is -0.124. The van der Waals surface area contributed by atoms with Gasteiger partial charge in [0.05, 0.1) is 11.4 Å². The molecule has 2 N–H and O–H groups in total. The number of nitrogens with one attached hydrogen (secondary N) is 2. The van der Waals surface area contributed by atoms with Crippen molar-refractivity contribution in [1.29, 1.82) is 0 Å². The summed E-state index contributed by atoms with van der Waals surface area (Å²) >= 11 is 0. The van der Waals surface area contributed by atoms with E-state index in [1.54, 1.807) is 0 Å². The van der Waals surface area contributed by atoms with E-state index >= 15 is 0 Å². The quantitative estimate of drug-likeness (QED) is 0.754. The molecule has 1 aromatic heterocycles. The summed E-state index contributed by atoms with van der Waals surface area (Å²) < 4.78 is 28.7. The molecule has 0 saturated carbocycles. The van der Waals surface area contributed by atoms with Crippen LogP contribution in [0.3, 0.4) is 0 Å². The van der Waals surface area contributed by atoms with E-state index in [4.69, 9.17) is 0 Å². The highest BCUT2D eigenvalue weighted by atomic mass is 19.2. The first-order chi connectivity index (χ1) is 14.9. The molecule has 2 heterocycles. The SMILES string of the molecule is CNC(=O)[C@@H](NC(=O)n1nc(-c2ccc(F)c(F)c2)c2c1CCN(C(C)C)C2)C(C)(C)C. The van der Waals surface area contributed by atoms with E-state index in [1.165, 1.54) is 17.8 Å². The zero-order valence-corrected chi connectivity index (χ0v) is 19.4. The average molecular weight is 448 g/mol.